The maximum atomic E-state index is 14.5. The zero-order valence-corrected chi connectivity index (χ0v) is 19.2. The molecule has 0 spiro atoms. The number of hydrogen-bond acceptors (Lipinski definition) is 8. The van der Waals surface area contributed by atoms with Gasteiger partial charge >= 0.3 is 0 Å². The second-order valence-electron chi connectivity index (χ2n) is 9.29. The van der Waals surface area contributed by atoms with Gasteiger partial charge in [-0.3, -0.25) is 0 Å². The molecule has 2 fully saturated rings. The van der Waals surface area contributed by atoms with E-state index in [1.54, 1.807) is 22.9 Å². The van der Waals surface area contributed by atoms with E-state index in [4.69, 9.17) is 4.74 Å². The van der Waals surface area contributed by atoms with Crippen LogP contribution in [0.5, 0.6) is 5.88 Å². The van der Waals surface area contributed by atoms with Crippen LogP contribution >= 0.6 is 0 Å². The zero-order chi connectivity index (χ0) is 24.1. The van der Waals surface area contributed by atoms with Crippen LogP contribution in [-0.4, -0.2) is 57.7 Å². The molecule has 4 heterocycles. The van der Waals surface area contributed by atoms with Gasteiger partial charge in [0.25, 0.3) is 0 Å². The first kappa shape index (κ1) is 21.9. The lowest BCUT2D eigenvalue weighted by molar-refractivity contribution is 0.372. The Morgan fingerprint density at radius 1 is 1.06 bits per heavy atom. The highest BCUT2D eigenvalue weighted by Gasteiger charge is 2.43. The van der Waals surface area contributed by atoms with E-state index >= 15 is 0 Å². The molecule has 1 aromatic carbocycles. The molecule has 35 heavy (non-hydrogen) atoms. The minimum atomic E-state index is -1.48. The Morgan fingerprint density at radius 2 is 1.86 bits per heavy atom. The highest BCUT2D eigenvalue weighted by molar-refractivity contribution is 5.60. The third-order valence-electron chi connectivity index (χ3n) is 7.27. The summed E-state index contributed by atoms with van der Waals surface area (Å²) in [6, 6.07) is 4.28. The van der Waals surface area contributed by atoms with Gasteiger partial charge in [-0.15, -0.1) is 10.2 Å². The van der Waals surface area contributed by atoms with Gasteiger partial charge in [-0.2, -0.15) is 10.1 Å². The Labute approximate surface area is 199 Å². The molecule has 3 aromatic rings. The molecular weight excluding hydrogens is 461 g/mol. The number of nitrogens with one attached hydrogen (secondary N) is 1. The monoisotopic (exact) mass is 486 g/mol. The van der Waals surface area contributed by atoms with Crippen LogP contribution in [0.2, 0.25) is 0 Å². The first-order valence-electron chi connectivity index (χ1n) is 11.8. The predicted octanol–water partition coefficient (Wildman–Crippen LogP) is 3.36. The van der Waals surface area contributed by atoms with Gasteiger partial charge in [0, 0.05) is 38.3 Å². The topological polar surface area (TPSA) is 84.2 Å². The molecule has 2 aromatic heterocycles. The summed E-state index contributed by atoms with van der Waals surface area (Å²) in [7, 11) is 1.58. The molecule has 2 unspecified atom stereocenters. The summed E-state index contributed by atoms with van der Waals surface area (Å²) in [5.74, 6) is -1.74. The molecule has 184 valence electrons. The summed E-state index contributed by atoms with van der Waals surface area (Å²) in [5.41, 5.74) is 0.950. The van der Waals surface area contributed by atoms with Crippen molar-refractivity contribution in [2.24, 2.45) is 11.8 Å². The predicted molar refractivity (Wildman–Crippen MR) is 122 cm³/mol. The Balaban J connectivity index is 1.21. The maximum absolute atomic E-state index is 14.5. The quantitative estimate of drug-likeness (QED) is 0.550. The summed E-state index contributed by atoms with van der Waals surface area (Å²) in [6.45, 7) is 2.78. The number of ether oxygens (including phenoxy) is 1. The van der Waals surface area contributed by atoms with E-state index in [2.05, 4.69) is 30.5 Å². The largest absolute Gasteiger partial charge is 0.480 e. The number of rotatable bonds is 5. The Hall–Kier alpha value is -3.57. The van der Waals surface area contributed by atoms with E-state index in [9.17, 15) is 13.2 Å². The summed E-state index contributed by atoms with van der Waals surface area (Å²) < 4.78 is 48.7. The van der Waals surface area contributed by atoms with Crippen LogP contribution in [0.25, 0.3) is 0 Å². The van der Waals surface area contributed by atoms with Crippen molar-refractivity contribution >= 4 is 23.3 Å². The van der Waals surface area contributed by atoms with E-state index in [-0.39, 0.29) is 11.7 Å². The van der Waals surface area contributed by atoms with Crippen LogP contribution < -0.4 is 19.9 Å². The van der Waals surface area contributed by atoms with Gasteiger partial charge in [-0.1, -0.05) is 0 Å². The van der Waals surface area contributed by atoms with E-state index < -0.39 is 17.5 Å². The van der Waals surface area contributed by atoms with Crippen molar-refractivity contribution in [2.45, 2.75) is 31.8 Å². The second kappa shape index (κ2) is 8.58. The molecule has 1 saturated heterocycles. The lowest BCUT2D eigenvalue weighted by Crippen LogP contribution is -2.48. The van der Waals surface area contributed by atoms with E-state index in [0.29, 0.717) is 49.1 Å². The molecule has 0 amide bonds. The SMILES string of the molecule is COc1cc(N2CC3CCC(C2)C3Nc2nc3n(n2)CCCN3c2ccc(F)c(F)c2F)cnn1. The summed E-state index contributed by atoms with van der Waals surface area (Å²) in [6.07, 6.45) is 4.62. The molecule has 1 saturated carbocycles. The van der Waals surface area contributed by atoms with Crippen LogP contribution in [0, 0.1) is 29.3 Å². The minimum absolute atomic E-state index is 0.0430. The average Bonchev–Trinajstić information content (AvgIpc) is 3.38. The third kappa shape index (κ3) is 3.80. The highest BCUT2D eigenvalue weighted by Crippen LogP contribution is 2.40. The smallest absolute Gasteiger partial charge is 0.244 e. The molecule has 2 atom stereocenters. The van der Waals surface area contributed by atoms with Crippen molar-refractivity contribution in [1.29, 1.82) is 0 Å². The molecule has 0 radical (unpaired) electrons. The third-order valence-corrected chi connectivity index (χ3v) is 7.27. The first-order chi connectivity index (χ1) is 17.0. The molecule has 2 aliphatic heterocycles. The fourth-order valence-corrected chi connectivity index (χ4v) is 5.60. The number of halogens is 3. The lowest BCUT2D eigenvalue weighted by Gasteiger charge is -2.39. The fraction of sp³-hybridized carbons (Fsp3) is 0.478. The van der Waals surface area contributed by atoms with Gasteiger partial charge in [-0.25, -0.2) is 17.9 Å². The molecular formula is C23H25F3N8O. The number of aryl methyl sites for hydroxylation is 1. The van der Waals surface area contributed by atoms with Gasteiger partial charge in [0.1, 0.15) is 0 Å². The van der Waals surface area contributed by atoms with Crippen LogP contribution in [0.4, 0.5) is 36.4 Å². The van der Waals surface area contributed by atoms with Crippen molar-refractivity contribution in [3.63, 3.8) is 0 Å². The Kier molecular flexibility index (Phi) is 5.37. The molecule has 9 nitrogen and oxygen atoms in total. The molecule has 2 bridgehead atoms. The van der Waals surface area contributed by atoms with E-state index in [1.165, 1.54) is 6.07 Å². The fourth-order valence-electron chi connectivity index (χ4n) is 5.60. The van der Waals surface area contributed by atoms with Crippen LogP contribution in [-0.2, 0) is 6.54 Å². The van der Waals surface area contributed by atoms with Gasteiger partial charge in [0.05, 0.1) is 24.7 Å². The summed E-state index contributed by atoms with van der Waals surface area (Å²) in [5, 5.41) is 16.1. The number of aromatic nitrogens is 5. The average molecular weight is 487 g/mol. The van der Waals surface area contributed by atoms with E-state index in [0.717, 1.165) is 37.7 Å². The number of hydrogen-bond donors (Lipinski definition) is 1. The minimum Gasteiger partial charge on any atom is -0.480 e. The molecule has 3 aliphatic rings. The second-order valence-corrected chi connectivity index (χ2v) is 9.29. The number of piperidine rings is 1. The molecule has 1 aliphatic carbocycles. The normalized spacial score (nSPS) is 23.4. The van der Waals surface area contributed by atoms with Gasteiger partial charge in [-0.05, 0) is 43.2 Å². The number of anilines is 4. The van der Waals surface area contributed by atoms with Crippen LogP contribution in [0.1, 0.15) is 19.3 Å². The summed E-state index contributed by atoms with van der Waals surface area (Å²) >= 11 is 0. The first-order valence-corrected chi connectivity index (χ1v) is 11.8. The van der Waals surface area contributed by atoms with E-state index in [1.807, 2.05) is 6.07 Å². The van der Waals surface area contributed by atoms with Crippen molar-refractivity contribution < 1.29 is 17.9 Å². The lowest BCUT2D eigenvalue weighted by atomic mass is 9.92. The maximum Gasteiger partial charge on any atom is 0.244 e. The van der Waals surface area contributed by atoms with Crippen LogP contribution in [0.3, 0.4) is 0 Å². The Bertz CT molecular complexity index is 1240. The highest BCUT2D eigenvalue weighted by atomic mass is 19.2. The molecule has 12 heteroatoms. The number of nitrogens with zero attached hydrogens (tertiary/aromatic N) is 7. The number of benzene rings is 1. The molecule has 6 rings (SSSR count). The van der Waals surface area contributed by atoms with Gasteiger partial charge in [0.2, 0.25) is 17.8 Å². The Morgan fingerprint density at radius 3 is 2.63 bits per heavy atom. The van der Waals surface area contributed by atoms with Crippen molar-refractivity contribution in [2.75, 3.05) is 41.9 Å². The van der Waals surface area contributed by atoms with Gasteiger partial charge < -0.3 is 19.9 Å². The van der Waals surface area contributed by atoms with Gasteiger partial charge in [0.15, 0.2) is 17.5 Å². The van der Waals surface area contributed by atoms with Crippen molar-refractivity contribution in [3.8, 4) is 5.88 Å². The molecule has 1 N–H and O–H groups in total. The standard InChI is InChI=1S/C23H25F3N8O/c1-35-18-9-15(10-27-30-18)32-11-13-3-4-14(12-32)21(13)28-22-29-23-33(7-2-8-34(23)31-22)17-6-5-16(24)19(25)20(17)26/h5-6,9-10,13-14,21H,2-4,7-8,11-12H2,1H3,(H,28,31). The zero-order valence-electron chi connectivity index (χ0n) is 19.2. The number of methoxy groups -OCH3 is 1. The van der Waals surface area contributed by atoms with Crippen molar-refractivity contribution in [1.82, 2.24) is 25.0 Å². The van der Waals surface area contributed by atoms with Crippen molar-refractivity contribution in [3.05, 3.63) is 41.8 Å². The van der Waals surface area contributed by atoms with Crippen LogP contribution in [0.15, 0.2) is 24.4 Å². The summed E-state index contributed by atoms with van der Waals surface area (Å²) in [4.78, 5) is 8.50. The number of fused-ring (bicyclic) bond motifs is 3.